The van der Waals surface area contributed by atoms with Crippen LogP contribution in [0.5, 0.6) is 0 Å². The van der Waals surface area contributed by atoms with E-state index < -0.39 is 17.6 Å². The molecule has 0 saturated heterocycles. The number of rotatable bonds is 6. The van der Waals surface area contributed by atoms with E-state index in [2.05, 4.69) is 4.74 Å². The summed E-state index contributed by atoms with van der Waals surface area (Å²) in [5.74, 6) is -0.826. The molecule has 2 nitrogen and oxygen atoms in total. The number of carbonyl (C=O) groups excluding carboxylic acids is 1. The van der Waals surface area contributed by atoms with Crippen molar-refractivity contribution < 1.29 is 18.3 Å². The molecule has 0 saturated carbocycles. The number of thioether (sulfide) groups is 1. The van der Waals surface area contributed by atoms with Crippen LogP contribution in [0.1, 0.15) is 26.2 Å². The first-order chi connectivity index (χ1) is 6.02. The minimum Gasteiger partial charge on any atom is -0.465 e. The van der Waals surface area contributed by atoms with E-state index in [1.807, 2.05) is 6.92 Å². The molecule has 0 N–H and O–H groups in total. The first-order valence-corrected chi connectivity index (χ1v) is 5.33. The van der Waals surface area contributed by atoms with Crippen LogP contribution in [0.25, 0.3) is 0 Å². The molecule has 0 aliphatic rings. The lowest BCUT2D eigenvalue weighted by Crippen LogP contribution is -2.18. The second-order valence-electron chi connectivity index (χ2n) is 2.59. The van der Waals surface area contributed by atoms with Gasteiger partial charge in [-0.1, -0.05) is 25.1 Å². The minimum absolute atomic E-state index is 0.236. The van der Waals surface area contributed by atoms with Crippen LogP contribution in [0.3, 0.4) is 0 Å². The Bertz CT molecular complexity index is 162. The van der Waals surface area contributed by atoms with Gasteiger partial charge in [0, 0.05) is 0 Å². The number of esters is 1. The van der Waals surface area contributed by atoms with Gasteiger partial charge in [-0.25, -0.2) is 0 Å². The van der Waals surface area contributed by atoms with Crippen molar-refractivity contribution in [1.29, 1.82) is 0 Å². The Morgan fingerprint density at radius 1 is 1.54 bits per heavy atom. The van der Waals surface area contributed by atoms with Crippen LogP contribution in [0.15, 0.2) is 0 Å². The van der Waals surface area contributed by atoms with Crippen molar-refractivity contribution in [2.75, 3.05) is 12.9 Å². The predicted molar refractivity (Wildman–Crippen MR) is 48.9 cm³/mol. The maximum atomic E-state index is 12.6. The second-order valence-corrected chi connectivity index (χ2v) is 3.60. The predicted octanol–water partition coefficient (Wildman–Crippen LogP) is 2.68. The summed E-state index contributed by atoms with van der Waals surface area (Å²) < 4.78 is 29.7. The van der Waals surface area contributed by atoms with E-state index in [1.54, 1.807) is 0 Å². The lowest BCUT2D eigenvalue weighted by molar-refractivity contribution is -0.147. The maximum Gasteiger partial charge on any atom is 0.312 e. The standard InChI is InChI=1S/C8H14F2O2S/c1-3-4-5-12-7(11)6-8(9,10)13-2/h3-6H2,1-2H3. The molecular formula is C8H14F2O2S. The highest BCUT2D eigenvalue weighted by molar-refractivity contribution is 7.99. The van der Waals surface area contributed by atoms with E-state index in [9.17, 15) is 13.6 Å². The molecule has 0 aliphatic carbocycles. The van der Waals surface area contributed by atoms with Gasteiger partial charge in [0.15, 0.2) is 0 Å². The van der Waals surface area contributed by atoms with Gasteiger partial charge in [0.1, 0.15) is 6.42 Å². The third kappa shape index (κ3) is 6.81. The van der Waals surface area contributed by atoms with Crippen LogP contribution in [0.2, 0.25) is 0 Å². The van der Waals surface area contributed by atoms with Gasteiger partial charge in [0.05, 0.1) is 6.61 Å². The fraction of sp³-hybridized carbons (Fsp3) is 0.875. The average molecular weight is 212 g/mol. The Hall–Kier alpha value is -0.320. The Morgan fingerprint density at radius 2 is 2.15 bits per heavy atom. The van der Waals surface area contributed by atoms with E-state index in [0.29, 0.717) is 11.8 Å². The highest BCUT2D eigenvalue weighted by Crippen LogP contribution is 2.30. The molecule has 0 fully saturated rings. The summed E-state index contributed by atoms with van der Waals surface area (Å²) in [7, 11) is 0. The minimum atomic E-state index is -3.00. The largest absolute Gasteiger partial charge is 0.465 e. The summed E-state index contributed by atoms with van der Waals surface area (Å²) >= 11 is 0.360. The number of hydrogen-bond acceptors (Lipinski definition) is 3. The van der Waals surface area contributed by atoms with Crippen LogP contribution in [-0.4, -0.2) is 24.1 Å². The number of unbranched alkanes of at least 4 members (excludes halogenated alkanes) is 1. The molecule has 0 heterocycles. The van der Waals surface area contributed by atoms with Crippen LogP contribution in [0, 0.1) is 0 Å². The molecule has 0 rings (SSSR count). The first kappa shape index (κ1) is 12.7. The average Bonchev–Trinajstić information content (AvgIpc) is 2.04. The number of hydrogen-bond donors (Lipinski definition) is 0. The van der Waals surface area contributed by atoms with Crippen molar-refractivity contribution in [3.8, 4) is 0 Å². The Morgan fingerprint density at radius 3 is 2.62 bits per heavy atom. The molecule has 0 aromatic carbocycles. The summed E-state index contributed by atoms with van der Waals surface area (Å²) in [6, 6.07) is 0. The van der Waals surface area contributed by atoms with E-state index in [1.165, 1.54) is 6.26 Å². The van der Waals surface area contributed by atoms with E-state index in [4.69, 9.17) is 0 Å². The van der Waals surface area contributed by atoms with E-state index in [-0.39, 0.29) is 6.61 Å². The number of alkyl halides is 2. The summed E-state index contributed by atoms with van der Waals surface area (Å²) in [5, 5.41) is -3.00. The van der Waals surface area contributed by atoms with Gasteiger partial charge >= 0.3 is 11.2 Å². The molecule has 13 heavy (non-hydrogen) atoms. The molecule has 0 spiro atoms. The molecule has 0 amide bonds. The molecule has 0 aromatic heterocycles. The van der Waals surface area contributed by atoms with Crippen LogP contribution in [-0.2, 0) is 9.53 Å². The summed E-state index contributed by atoms with van der Waals surface area (Å²) in [4.78, 5) is 10.8. The smallest absolute Gasteiger partial charge is 0.312 e. The fourth-order valence-corrected chi connectivity index (χ4v) is 0.884. The Kier molecular flexibility index (Phi) is 6.03. The Labute approximate surface area is 81.0 Å². The molecule has 0 bridgehead atoms. The normalized spacial score (nSPS) is 11.4. The van der Waals surface area contributed by atoms with Gasteiger partial charge < -0.3 is 4.74 Å². The summed E-state index contributed by atoms with van der Waals surface area (Å²) in [6.45, 7) is 2.17. The van der Waals surface area contributed by atoms with E-state index in [0.717, 1.165) is 12.8 Å². The van der Waals surface area contributed by atoms with Crippen LogP contribution >= 0.6 is 11.8 Å². The number of halogens is 2. The lowest BCUT2D eigenvalue weighted by atomic mass is 10.3. The topological polar surface area (TPSA) is 26.3 Å². The van der Waals surface area contributed by atoms with Crippen molar-refractivity contribution >= 4 is 17.7 Å². The summed E-state index contributed by atoms with van der Waals surface area (Å²) in [5.41, 5.74) is 0. The van der Waals surface area contributed by atoms with Gasteiger partial charge in [0.2, 0.25) is 0 Å². The number of ether oxygens (including phenoxy) is 1. The van der Waals surface area contributed by atoms with Crippen molar-refractivity contribution in [3.05, 3.63) is 0 Å². The zero-order valence-corrected chi connectivity index (χ0v) is 8.63. The van der Waals surface area contributed by atoms with E-state index >= 15 is 0 Å². The molecule has 5 heteroatoms. The van der Waals surface area contributed by atoms with Gasteiger partial charge in [-0.05, 0) is 12.7 Å². The summed E-state index contributed by atoms with van der Waals surface area (Å²) in [6.07, 6.45) is 2.03. The first-order valence-electron chi connectivity index (χ1n) is 4.10. The van der Waals surface area contributed by atoms with Gasteiger partial charge in [-0.15, -0.1) is 0 Å². The third-order valence-corrected chi connectivity index (χ3v) is 2.15. The van der Waals surface area contributed by atoms with Crippen LogP contribution in [0.4, 0.5) is 8.78 Å². The number of carbonyl (C=O) groups is 1. The lowest BCUT2D eigenvalue weighted by Gasteiger charge is -2.11. The molecular weight excluding hydrogens is 198 g/mol. The molecule has 0 aliphatic heterocycles. The quantitative estimate of drug-likeness (QED) is 0.500. The van der Waals surface area contributed by atoms with Crippen molar-refractivity contribution in [3.63, 3.8) is 0 Å². The second kappa shape index (κ2) is 6.18. The van der Waals surface area contributed by atoms with Gasteiger partial charge in [-0.3, -0.25) is 4.79 Å². The zero-order chi connectivity index (χ0) is 10.3. The van der Waals surface area contributed by atoms with Gasteiger partial charge in [-0.2, -0.15) is 8.78 Å². The van der Waals surface area contributed by atoms with Crippen LogP contribution < -0.4 is 0 Å². The molecule has 0 radical (unpaired) electrons. The van der Waals surface area contributed by atoms with Gasteiger partial charge in [0.25, 0.3) is 0 Å². The SMILES string of the molecule is CCCCOC(=O)CC(F)(F)SC. The molecule has 0 aromatic rings. The highest BCUT2D eigenvalue weighted by Gasteiger charge is 2.31. The van der Waals surface area contributed by atoms with Crippen molar-refractivity contribution in [2.45, 2.75) is 31.4 Å². The molecule has 0 unspecified atom stereocenters. The molecule has 0 atom stereocenters. The monoisotopic (exact) mass is 212 g/mol. The highest BCUT2D eigenvalue weighted by atomic mass is 32.2. The van der Waals surface area contributed by atoms with Crippen molar-refractivity contribution in [2.24, 2.45) is 0 Å². The van der Waals surface area contributed by atoms with Crippen molar-refractivity contribution in [1.82, 2.24) is 0 Å². The molecule has 78 valence electrons. The maximum absolute atomic E-state index is 12.6. The fourth-order valence-electron chi connectivity index (χ4n) is 0.622. The Balaban J connectivity index is 3.62. The zero-order valence-electron chi connectivity index (χ0n) is 7.81. The third-order valence-electron chi connectivity index (χ3n) is 1.41.